The Balaban J connectivity index is 1.20. The quantitative estimate of drug-likeness (QED) is 0.624. The number of amides is 2. The van der Waals surface area contributed by atoms with E-state index in [2.05, 4.69) is 16.3 Å². The summed E-state index contributed by atoms with van der Waals surface area (Å²) < 4.78 is 5.18. The van der Waals surface area contributed by atoms with Gasteiger partial charge in [-0.2, -0.15) is 5.26 Å². The minimum Gasteiger partial charge on any atom is -0.497 e. The maximum atomic E-state index is 12.7. The first kappa shape index (κ1) is 24.2. The molecule has 1 aliphatic carbocycles. The van der Waals surface area contributed by atoms with Gasteiger partial charge in [-0.3, -0.25) is 9.59 Å². The summed E-state index contributed by atoms with van der Waals surface area (Å²) in [4.78, 5) is 30.8. The summed E-state index contributed by atoms with van der Waals surface area (Å²) in [6.07, 6.45) is 5.56. The van der Waals surface area contributed by atoms with Gasteiger partial charge in [0.2, 0.25) is 11.8 Å². The van der Waals surface area contributed by atoms with E-state index in [1.165, 1.54) is 4.88 Å². The fourth-order valence-electron chi connectivity index (χ4n) is 4.70. The fourth-order valence-corrected chi connectivity index (χ4v) is 5.96. The molecule has 1 aromatic heterocycles. The Morgan fingerprint density at radius 2 is 1.91 bits per heavy atom. The molecule has 1 saturated heterocycles. The molecule has 0 radical (unpaired) electrons. The number of fused-ring (bicyclic) bond motifs is 1. The van der Waals surface area contributed by atoms with Gasteiger partial charge in [0, 0.05) is 43.9 Å². The average Bonchev–Trinajstić information content (AvgIpc) is 3.34. The van der Waals surface area contributed by atoms with Crippen molar-refractivity contribution in [1.82, 2.24) is 9.80 Å². The highest BCUT2D eigenvalue weighted by molar-refractivity contribution is 7.16. The van der Waals surface area contributed by atoms with Crippen LogP contribution in [-0.4, -0.2) is 61.4 Å². The lowest BCUT2D eigenvalue weighted by molar-refractivity contribution is -0.131. The maximum absolute atomic E-state index is 12.7. The normalized spacial score (nSPS) is 15.9. The number of nitriles is 1. The van der Waals surface area contributed by atoms with Gasteiger partial charge in [-0.15, -0.1) is 11.3 Å². The molecule has 0 unspecified atom stereocenters. The van der Waals surface area contributed by atoms with E-state index in [0.717, 1.165) is 68.6 Å². The van der Waals surface area contributed by atoms with Crippen LogP contribution in [0.5, 0.6) is 5.75 Å². The van der Waals surface area contributed by atoms with E-state index in [1.807, 2.05) is 29.2 Å². The maximum Gasteiger partial charge on any atom is 0.226 e. The molecule has 1 fully saturated rings. The molecule has 7 nitrogen and oxygen atoms in total. The lowest BCUT2D eigenvalue weighted by atomic mass is 10.1. The fraction of sp³-hybridized carbons (Fsp3) is 0.500. The molecule has 0 saturated carbocycles. The van der Waals surface area contributed by atoms with Crippen molar-refractivity contribution < 1.29 is 14.3 Å². The van der Waals surface area contributed by atoms with Crippen LogP contribution in [0.25, 0.3) is 0 Å². The molecule has 1 aliphatic heterocycles. The number of rotatable bonds is 8. The molecule has 2 aromatic rings. The third-order valence-corrected chi connectivity index (χ3v) is 7.88. The van der Waals surface area contributed by atoms with Crippen LogP contribution in [0.1, 0.15) is 47.3 Å². The second-order valence-electron chi connectivity index (χ2n) is 8.90. The summed E-state index contributed by atoms with van der Waals surface area (Å²) >= 11 is 1.56. The number of hydrogen-bond donors (Lipinski definition) is 1. The van der Waals surface area contributed by atoms with Crippen LogP contribution >= 0.6 is 11.3 Å². The molecule has 2 heterocycles. The number of carbonyl (C=O) groups is 2. The van der Waals surface area contributed by atoms with E-state index in [1.54, 1.807) is 18.4 Å². The van der Waals surface area contributed by atoms with Crippen LogP contribution < -0.4 is 10.1 Å². The SMILES string of the molecule is COc1ccc(CCC(=O)N2CCCN(CCC(=O)Nc3sc4c(c3C#N)CCC4)CC2)cc1. The number of nitrogens with one attached hydrogen (secondary N) is 1. The molecule has 1 aromatic carbocycles. The number of anilines is 1. The molecule has 2 aliphatic rings. The summed E-state index contributed by atoms with van der Waals surface area (Å²) in [5, 5.41) is 13.2. The topological polar surface area (TPSA) is 85.7 Å². The first-order chi connectivity index (χ1) is 16.6. The van der Waals surface area contributed by atoms with Crippen molar-refractivity contribution in [3.63, 3.8) is 0 Å². The van der Waals surface area contributed by atoms with E-state index in [9.17, 15) is 14.9 Å². The Labute approximate surface area is 205 Å². The molecular weight excluding hydrogens is 448 g/mol. The number of benzene rings is 1. The number of thiophene rings is 1. The van der Waals surface area contributed by atoms with Crippen molar-refractivity contribution >= 4 is 28.2 Å². The zero-order valence-electron chi connectivity index (χ0n) is 19.8. The second kappa shape index (κ2) is 11.5. The first-order valence-corrected chi connectivity index (χ1v) is 12.9. The van der Waals surface area contributed by atoms with Crippen molar-refractivity contribution in [1.29, 1.82) is 5.26 Å². The van der Waals surface area contributed by atoms with E-state index < -0.39 is 0 Å². The number of methoxy groups -OCH3 is 1. The largest absolute Gasteiger partial charge is 0.497 e. The molecular formula is C26H32N4O3S. The molecule has 0 atom stereocenters. The van der Waals surface area contributed by atoms with E-state index in [4.69, 9.17) is 4.74 Å². The third kappa shape index (κ3) is 5.96. The highest BCUT2D eigenvalue weighted by Gasteiger charge is 2.24. The lowest BCUT2D eigenvalue weighted by Crippen LogP contribution is -2.36. The van der Waals surface area contributed by atoms with Gasteiger partial charge in [-0.05, 0) is 61.9 Å². The van der Waals surface area contributed by atoms with Gasteiger partial charge in [0.1, 0.15) is 16.8 Å². The molecule has 4 rings (SSSR count). The Morgan fingerprint density at radius 1 is 1.09 bits per heavy atom. The van der Waals surface area contributed by atoms with E-state index >= 15 is 0 Å². The van der Waals surface area contributed by atoms with Gasteiger partial charge in [-0.25, -0.2) is 0 Å². The Morgan fingerprint density at radius 3 is 2.68 bits per heavy atom. The zero-order chi connectivity index (χ0) is 23.9. The number of aryl methyl sites for hydroxylation is 2. The number of nitrogens with zero attached hydrogens (tertiary/aromatic N) is 3. The van der Waals surface area contributed by atoms with Gasteiger partial charge in [0.15, 0.2) is 0 Å². The minimum atomic E-state index is -0.0481. The lowest BCUT2D eigenvalue weighted by Gasteiger charge is -2.22. The van der Waals surface area contributed by atoms with E-state index in [0.29, 0.717) is 36.5 Å². The van der Waals surface area contributed by atoms with Crippen molar-refractivity contribution in [2.24, 2.45) is 0 Å². The first-order valence-electron chi connectivity index (χ1n) is 12.0. The third-order valence-electron chi connectivity index (χ3n) is 6.67. The molecule has 8 heteroatoms. The van der Waals surface area contributed by atoms with Crippen LogP contribution in [0.4, 0.5) is 5.00 Å². The summed E-state index contributed by atoms with van der Waals surface area (Å²) in [5.74, 6) is 0.958. The highest BCUT2D eigenvalue weighted by atomic mass is 32.1. The molecule has 34 heavy (non-hydrogen) atoms. The number of ether oxygens (including phenoxy) is 1. The Kier molecular flexibility index (Phi) is 8.20. The zero-order valence-corrected chi connectivity index (χ0v) is 20.6. The highest BCUT2D eigenvalue weighted by Crippen LogP contribution is 2.38. The van der Waals surface area contributed by atoms with Crippen molar-refractivity contribution in [3.8, 4) is 11.8 Å². The number of hydrogen-bond acceptors (Lipinski definition) is 6. The molecule has 2 amide bonds. The van der Waals surface area contributed by atoms with Crippen LogP contribution in [0.3, 0.4) is 0 Å². The van der Waals surface area contributed by atoms with Crippen molar-refractivity contribution in [3.05, 3.63) is 45.8 Å². The predicted molar refractivity (Wildman–Crippen MR) is 133 cm³/mol. The standard InChI is InChI=1S/C26H32N4O3S/c1-33-20-9-6-19(7-10-20)8-11-25(32)30-14-3-13-29(16-17-30)15-12-24(31)28-26-22(18-27)21-4-2-5-23(21)34-26/h6-7,9-10H,2-5,8,11-17H2,1H3,(H,28,31). The number of carbonyl (C=O) groups excluding carboxylic acids is 2. The van der Waals surface area contributed by atoms with Gasteiger partial charge in [-0.1, -0.05) is 12.1 Å². The van der Waals surface area contributed by atoms with Crippen molar-refractivity contribution in [2.75, 3.05) is 45.2 Å². The Hall–Kier alpha value is -2.89. The predicted octanol–water partition coefficient (Wildman–Crippen LogP) is 3.61. The average molecular weight is 481 g/mol. The van der Waals surface area contributed by atoms with Crippen LogP contribution in [0, 0.1) is 11.3 Å². The summed E-state index contributed by atoms with van der Waals surface area (Å²) in [6.45, 7) is 3.77. The van der Waals surface area contributed by atoms with Crippen LogP contribution in [0.15, 0.2) is 24.3 Å². The van der Waals surface area contributed by atoms with Gasteiger partial charge >= 0.3 is 0 Å². The summed E-state index contributed by atoms with van der Waals surface area (Å²) in [7, 11) is 1.65. The van der Waals surface area contributed by atoms with Crippen LogP contribution in [0.2, 0.25) is 0 Å². The molecule has 0 bridgehead atoms. The van der Waals surface area contributed by atoms with Gasteiger partial charge < -0.3 is 19.9 Å². The van der Waals surface area contributed by atoms with Gasteiger partial charge in [0.05, 0.1) is 12.7 Å². The minimum absolute atomic E-state index is 0.0481. The summed E-state index contributed by atoms with van der Waals surface area (Å²) in [6, 6.07) is 10.1. The molecule has 180 valence electrons. The van der Waals surface area contributed by atoms with Crippen molar-refractivity contribution in [2.45, 2.75) is 44.9 Å². The van der Waals surface area contributed by atoms with Crippen LogP contribution in [-0.2, 0) is 28.9 Å². The van der Waals surface area contributed by atoms with E-state index in [-0.39, 0.29) is 11.8 Å². The monoisotopic (exact) mass is 480 g/mol. The second-order valence-corrected chi connectivity index (χ2v) is 10.0. The smallest absolute Gasteiger partial charge is 0.226 e. The molecule has 1 N–H and O–H groups in total. The Bertz CT molecular complexity index is 1060. The summed E-state index contributed by atoms with van der Waals surface area (Å²) in [5.41, 5.74) is 2.92. The van der Waals surface area contributed by atoms with Gasteiger partial charge in [0.25, 0.3) is 0 Å². The molecule has 0 spiro atoms.